The highest BCUT2D eigenvalue weighted by Crippen LogP contribution is 2.29. The minimum absolute atomic E-state index is 0.263. The second-order valence-corrected chi connectivity index (χ2v) is 6.16. The minimum Gasteiger partial charge on any atom is -0.422 e. The van der Waals surface area contributed by atoms with E-state index >= 15 is 0 Å². The summed E-state index contributed by atoms with van der Waals surface area (Å²) in [7, 11) is 0. The summed E-state index contributed by atoms with van der Waals surface area (Å²) < 4.78 is 5.43. The van der Waals surface area contributed by atoms with Crippen LogP contribution in [-0.2, 0) is 4.79 Å². The Balaban J connectivity index is 1.86. The molecule has 120 valence electrons. The van der Waals surface area contributed by atoms with Crippen molar-refractivity contribution < 1.29 is 19.1 Å². The minimum atomic E-state index is -0.486. The molecule has 5 nitrogen and oxygen atoms in total. The van der Waals surface area contributed by atoms with Gasteiger partial charge >= 0.3 is 5.97 Å². The first-order chi connectivity index (χ1) is 11.5. The van der Waals surface area contributed by atoms with Gasteiger partial charge in [0, 0.05) is 5.56 Å². The number of carbonyl (C=O) groups excluding carboxylic acids is 3. The maximum atomic E-state index is 12.2. The van der Waals surface area contributed by atoms with Crippen LogP contribution in [0.2, 0.25) is 0 Å². The molecule has 1 fully saturated rings. The number of carbonyl (C=O) groups is 3. The Hall–Kier alpha value is -2.86. The van der Waals surface area contributed by atoms with Gasteiger partial charge in [0.25, 0.3) is 11.1 Å². The summed E-state index contributed by atoms with van der Waals surface area (Å²) >= 11 is 0.815. The first-order valence-corrected chi connectivity index (χ1v) is 7.97. The third-order valence-corrected chi connectivity index (χ3v) is 4.15. The SMILES string of the molecule is Cc1ccc(C(=O)Oc2ccccc2/C=C2\SC(=O)NC2=O)cc1. The molecule has 2 aromatic rings. The van der Waals surface area contributed by atoms with Gasteiger partial charge in [-0.2, -0.15) is 0 Å². The molecule has 0 saturated carbocycles. The number of para-hydroxylation sites is 1. The fourth-order valence-corrected chi connectivity index (χ4v) is 2.78. The zero-order chi connectivity index (χ0) is 17.1. The number of benzene rings is 2. The van der Waals surface area contributed by atoms with E-state index in [2.05, 4.69) is 5.32 Å². The Morgan fingerprint density at radius 1 is 1.08 bits per heavy atom. The standard InChI is InChI=1S/C18H13NO4S/c1-11-6-8-12(9-7-11)17(21)23-14-5-3-2-4-13(14)10-15-16(20)19-18(22)24-15/h2-10H,1H3,(H,19,20,22)/b15-10-. The van der Waals surface area contributed by atoms with Crippen LogP contribution in [-0.4, -0.2) is 17.1 Å². The van der Waals surface area contributed by atoms with Crippen molar-refractivity contribution >= 4 is 35.0 Å². The number of rotatable bonds is 3. The van der Waals surface area contributed by atoms with E-state index in [-0.39, 0.29) is 4.91 Å². The number of thioether (sulfide) groups is 1. The number of imide groups is 1. The topological polar surface area (TPSA) is 72.5 Å². The molecule has 6 heteroatoms. The molecule has 0 unspecified atom stereocenters. The fourth-order valence-electron chi connectivity index (χ4n) is 2.10. The monoisotopic (exact) mass is 339 g/mol. The first-order valence-electron chi connectivity index (χ1n) is 7.15. The molecule has 0 atom stereocenters. The number of ether oxygens (including phenoxy) is 1. The van der Waals surface area contributed by atoms with Crippen LogP contribution in [0.5, 0.6) is 5.75 Å². The zero-order valence-electron chi connectivity index (χ0n) is 12.7. The Bertz CT molecular complexity index is 856. The normalized spacial score (nSPS) is 15.5. The molecule has 2 amide bonds. The Labute approximate surface area is 142 Å². The maximum Gasteiger partial charge on any atom is 0.343 e. The molecule has 1 aliphatic rings. The number of nitrogens with one attached hydrogen (secondary N) is 1. The molecule has 0 radical (unpaired) electrons. The number of hydrogen-bond acceptors (Lipinski definition) is 5. The molecule has 3 rings (SSSR count). The fraction of sp³-hybridized carbons (Fsp3) is 0.0556. The Morgan fingerprint density at radius 2 is 1.79 bits per heavy atom. The van der Waals surface area contributed by atoms with Gasteiger partial charge in [0.15, 0.2) is 0 Å². The van der Waals surface area contributed by atoms with Gasteiger partial charge in [-0.25, -0.2) is 4.79 Å². The van der Waals surface area contributed by atoms with Crippen molar-refractivity contribution in [3.8, 4) is 5.75 Å². The van der Waals surface area contributed by atoms with Gasteiger partial charge < -0.3 is 4.74 Å². The lowest BCUT2D eigenvalue weighted by molar-refractivity contribution is -0.115. The van der Waals surface area contributed by atoms with E-state index in [0.717, 1.165) is 17.3 Å². The lowest BCUT2D eigenvalue weighted by Crippen LogP contribution is -2.17. The Morgan fingerprint density at radius 3 is 2.46 bits per heavy atom. The van der Waals surface area contributed by atoms with E-state index in [9.17, 15) is 14.4 Å². The highest BCUT2D eigenvalue weighted by Gasteiger charge is 2.25. The van der Waals surface area contributed by atoms with Gasteiger partial charge in [-0.15, -0.1) is 0 Å². The lowest BCUT2D eigenvalue weighted by Gasteiger charge is -2.08. The highest BCUT2D eigenvalue weighted by molar-refractivity contribution is 8.18. The van der Waals surface area contributed by atoms with Crippen molar-refractivity contribution in [3.63, 3.8) is 0 Å². The average Bonchev–Trinajstić information content (AvgIpc) is 2.87. The lowest BCUT2D eigenvalue weighted by atomic mass is 10.1. The molecule has 2 aromatic carbocycles. The van der Waals surface area contributed by atoms with Crippen LogP contribution < -0.4 is 10.1 Å². The quantitative estimate of drug-likeness (QED) is 0.526. The predicted molar refractivity (Wildman–Crippen MR) is 91.7 cm³/mol. The van der Waals surface area contributed by atoms with E-state index in [1.54, 1.807) is 36.4 Å². The van der Waals surface area contributed by atoms with Crippen molar-refractivity contribution in [3.05, 3.63) is 70.1 Å². The van der Waals surface area contributed by atoms with E-state index in [1.165, 1.54) is 6.08 Å². The van der Waals surface area contributed by atoms with E-state index < -0.39 is 17.1 Å². The molecule has 1 saturated heterocycles. The summed E-state index contributed by atoms with van der Waals surface area (Å²) in [6.07, 6.45) is 1.53. The smallest absolute Gasteiger partial charge is 0.343 e. The van der Waals surface area contributed by atoms with Gasteiger partial charge in [-0.05, 0) is 43.0 Å². The molecule has 0 aromatic heterocycles. The number of aryl methyl sites for hydroxylation is 1. The molecule has 24 heavy (non-hydrogen) atoms. The van der Waals surface area contributed by atoms with E-state index in [4.69, 9.17) is 4.74 Å². The van der Waals surface area contributed by atoms with Crippen LogP contribution in [0.15, 0.2) is 53.4 Å². The summed E-state index contributed by atoms with van der Waals surface area (Å²) in [4.78, 5) is 35.4. The second kappa shape index (κ2) is 6.72. The number of esters is 1. The van der Waals surface area contributed by atoms with Gasteiger partial charge in [-0.1, -0.05) is 35.9 Å². The summed E-state index contributed by atoms with van der Waals surface area (Å²) in [5, 5.41) is 1.77. The van der Waals surface area contributed by atoms with Gasteiger partial charge in [0.05, 0.1) is 10.5 Å². The van der Waals surface area contributed by atoms with Crippen molar-refractivity contribution in [1.82, 2.24) is 5.32 Å². The summed E-state index contributed by atoms with van der Waals surface area (Å²) in [5.41, 5.74) is 2.03. The molecule has 0 spiro atoms. The predicted octanol–water partition coefficient (Wildman–Crippen LogP) is 3.54. The molecular weight excluding hydrogens is 326 g/mol. The third-order valence-electron chi connectivity index (χ3n) is 3.34. The van der Waals surface area contributed by atoms with Crippen LogP contribution >= 0.6 is 11.8 Å². The molecule has 0 bridgehead atoms. The summed E-state index contributed by atoms with van der Waals surface area (Å²) in [6.45, 7) is 1.93. The van der Waals surface area contributed by atoms with Crippen LogP contribution in [0.3, 0.4) is 0 Å². The van der Waals surface area contributed by atoms with E-state index in [0.29, 0.717) is 16.9 Å². The molecule has 1 N–H and O–H groups in total. The van der Waals surface area contributed by atoms with Crippen LogP contribution in [0, 0.1) is 6.92 Å². The number of hydrogen-bond donors (Lipinski definition) is 1. The molecule has 1 heterocycles. The van der Waals surface area contributed by atoms with Crippen LogP contribution in [0.4, 0.5) is 4.79 Å². The van der Waals surface area contributed by atoms with Gasteiger partial charge in [-0.3, -0.25) is 14.9 Å². The largest absolute Gasteiger partial charge is 0.422 e. The molecule has 0 aliphatic carbocycles. The molecule has 1 aliphatic heterocycles. The van der Waals surface area contributed by atoms with Crippen molar-refractivity contribution in [2.24, 2.45) is 0 Å². The summed E-state index contributed by atoms with van der Waals surface area (Å²) in [5.74, 6) is -0.617. The van der Waals surface area contributed by atoms with Crippen molar-refractivity contribution in [1.29, 1.82) is 0 Å². The number of amides is 2. The Kier molecular flexibility index (Phi) is 4.48. The first kappa shape index (κ1) is 16.0. The van der Waals surface area contributed by atoms with Gasteiger partial charge in [0.2, 0.25) is 0 Å². The zero-order valence-corrected chi connectivity index (χ0v) is 13.6. The second-order valence-electron chi connectivity index (χ2n) is 5.15. The van der Waals surface area contributed by atoms with Crippen molar-refractivity contribution in [2.75, 3.05) is 0 Å². The molecular formula is C18H13NO4S. The van der Waals surface area contributed by atoms with E-state index in [1.807, 2.05) is 19.1 Å². The maximum absolute atomic E-state index is 12.2. The van der Waals surface area contributed by atoms with Crippen molar-refractivity contribution in [2.45, 2.75) is 6.92 Å². The third kappa shape index (κ3) is 3.55. The summed E-state index contributed by atoms with van der Waals surface area (Å²) in [6, 6.07) is 13.9. The van der Waals surface area contributed by atoms with Crippen LogP contribution in [0.25, 0.3) is 6.08 Å². The highest BCUT2D eigenvalue weighted by atomic mass is 32.2. The van der Waals surface area contributed by atoms with Crippen LogP contribution in [0.1, 0.15) is 21.5 Å². The van der Waals surface area contributed by atoms with Gasteiger partial charge in [0.1, 0.15) is 5.75 Å². The average molecular weight is 339 g/mol.